The maximum atomic E-state index is 4.52. The van der Waals surface area contributed by atoms with E-state index >= 15 is 0 Å². The summed E-state index contributed by atoms with van der Waals surface area (Å²) >= 11 is 0. The van der Waals surface area contributed by atoms with Crippen LogP contribution in [0.4, 0.5) is 0 Å². The first-order chi connectivity index (χ1) is 9.25. The van der Waals surface area contributed by atoms with Gasteiger partial charge in [0.1, 0.15) is 0 Å². The van der Waals surface area contributed by atoms with Gasteiger partial charge in [-0.2, -0.15) is 0 Å². The molecule has 19 heavy (non-hydrogen) atoms. The number of nitrogens with one attached hydrogen (secondary N) is 1. The number of hydrogen-bond acceptors (Lipinski definition) is 3. The van der Waals surface area contributed by atoms with Crippen molar-refractivity contribution in [2.24, 2.45) is 0 Å². The van der Waals surface area contributed by atoms with Gasteiger partial charge in [-0.05, 0) is 31.0 Å². The van der Waals surface area contributed by atoms with Crippen LogP contribution in [0.1, 0.15) is 18.1 Å². The zero-order valence-electron chi connectivity index (χ0n) is 11.7. The predicted octanol–water partition coefficient (Wildman–Crippen LogP) is 2.34. The Balaban J connectivity index is 1.94. The highest BCUT2D eigenvalue weighted by molar-refractivity contribution is 5.84. The first kappa shape index (κ1) is 12.6. The Labute approximate surface area is 114 Å². The molecule has 3 rings (SSSR count). The smallest absolute Gasteiger partial charge is 0.0734 e. The number of pyridine rings is 1. The maximum absolute atomic E-state index is 4.52. The number of rotatable bonds is 2. The molecule has 1 aromatic heterocycles. The van der Waals surface area contributed by atoms with Gasteiger partial charge < -0.3 is 5.32 Å². The fourth-order valence-corrected chi connectivity index (χ4v) is 2.85. The van der Waals surface area contributed by atoms with E-state index in [0.29, 0.717) is 6.04 Å². The van der Waals surface area contributed by atoms with Crippen LogP contribution in [-0.2, 0) is 6.54 Å². The van der Waals surface area contributed by atoms with Gasteiger partial charge in [0, 0.05) is 43.8 Å². The number of hydrogen-bond donors (Lipinski definition) is 1. The monoisotopic (exact) mass is 255 g/mol. The summed E-state index contributed by atoms with van der Waals surface area (Å²) < 4.78 is 0. The molecule has 0 aliphatic carbocycles. The van der Waals surface area contributed by atoms with Crippen molar-refractivity contribution >= 4 is 10.9 Å². The Morgan fingerprint density at radius 1 is 1.37 bits per heavy atom. The van der Waals surface area contributed by atoms with Gasteiger partial charge >= 0.3 is 0 Å². The fourth-order valence-electron chi connectivity index (χ4n) is 2.85. The molecular weight excluding hydrogens is 234 g/mol. The molecule has 0 unspecified atom stereocenters. The summed E-state index contributed by atoms with van der Waals surface area (Å²) in [6.07, 6.45) is 1.88. The quantitative estimate of drug-likeness (QED) is 0.892. The zero-order valence-corrected chi connectivity index (χ0v) is 11.7. The molecule has 1 aromatic carbocycles. The first-order valence-electron chi connectivity index (χ1n) is 7.03. The summed E-state index contributed by atoms with van der Waals surface area (Å²) in [5, 5.41) is 4.74. The molecule has 0 radical (unpaired) electrons. The number of benzene rings is 1. The second-order valence-electron chi connectivity index (χ2n) is 5.46. The summed E-state index contributed by atoms with van der Waals surface area (Å²) in [4.78, 5) is 7.07. The summed E-state index contributed by atoms with van der Waals surface area (Å²) in [5.41, 5.74) is 3.79. The Hall–Kier alpha value is -1.45. The largest absolute Gasteiger partial charge is 0.314 e. The lowest BCUT2D eigenvalue weighted by atomic mass is 10.0. The van der Waals surface area contributed by atoms with Crippen molar-refractivity contribution in [1.82, 2.24) is 15.2 Å². The van der Waals surface area contributed by atoms with Crippen LogP contribution in [0.15, 0.2) is 30.5 Å². The number of piperazine rings is 1. The molecule has 0 bridgehead atoms. The van der Waals surface area contributed by atoms with E-state index in [1.54, 1.807) is 0 Å². The Bertz CT molecular complexity index is 579. The number of fused-ring (bicyclic) bond motifs is 1. The minimum atomic E-state index is 0.599. The molecule has 1 fully saturated rings. The molecule has 1 saturated heterocycles. The first-order valence-corrected chi connectivity index (χ1v) is 7.03. The third kappa shape index (κ3) is 2.48. The van der Waals surface area contributed by atoms with Crippen molar-refractivity contribution in [3.8, 4) is 0 Å². The molecule has 0 amide bonds. The average Bonchev–Trinajstić information content (AvgIpc) is 2.44. The van der Waals surface area contributed by atoms with Gasteiger partial charge in [0.25, 0.3) is 0 Å². The van der Waals surface area contributed by atoms with E-state index in [0.717, 1.165) is 31.7 Å². The Kier molecular flexibility index (Phi) is 3.49. The van der Waals surface area contributed by atoms with Crippen LogP contribution in [0.2, 0.25) is 0 Å². The van der Waals surface area contributed by atoms with Crippen molar-refractivity contribution in [3.63, 3.8) is 0 Å². The summed E-state index contributed by atoms with van der Waals surface area (Å²) in [5.74, 6) is 0. The Morgan fingerprint density at radius 3 is 3.11 bits per heavy atom. The Morgan fingerprint density at radius 2 is 2.26 bits per heavy atom. The number of aryl methyl sites for hydroxylation is 1. The average molecular weight is 255 g/mol. The molecule has 3 heteroatoms. The van der Waals surface area contributed by atoms with E-state index in [1.807, 2.05) is 12.3 Å². The second kappa shape index (κ2) is 5.27. The standard InChI is InChI=1S/C16H21N3/c1-12-5-6-14(15-4-3-7-18-16(12)15)11-19-9-8-17-10-13(19)2/h3-7,13,17H,8-11H2,1-2H3/t13-/m1/s1. The molecule has 100 valence electrons. The minimum absolute atomic E-state index is 0.599. The van der Waals surface area contributed by atoms with Gasteiger partial charge in [0.2, 0.25) is 0 Å². The van der Waals surface area contributed by atoms with E-state index in [-0.39, 0.29) is 0 Å². The SMILES string of the molecule is Cc1ccc(CN2CCNC[C@H]2C)c2cccnc12. The predicted molar refractivity (Wildman–Crippen MR) is 79.2 cm³/mol. The molecule has 0 saturated carbocycles. The van der Waals surface area contributed by atoms with E-state index < -0.39 is 0 Å². The van der Waals surface area contributed by atoms with Crippen LogP contribution in [0, 0.1) is 6.92 Å². The summed E-state index contributed by atoms with van der Waals surface area (Å²) in [7, 11) is 0. The van der Waals surface area contributed by atoms with Gasteiger partial charge in [-0.3, -0.25) is 9.88 Å². The molecule has 1 N–H and O–H groups in total. The van der Waals surface area contributed by atoms with Crippen LogP contribution in [0.25, 0.3) is 10.9 Å². The van der Waals surface area contributed by atoms with Gasteiger partial charge in [0.05, 0.1) is 5.52 Å². The van der Waals surface area contributed by atoms with Crippen molar-refractivity contribution in [2.75, 3.05) is 19.6 Å². The van der Waals surface area contributed by atoms with Crippen molar-refractivity contribution < 1.29 is 0 Å². The highest BCUT2D eigenvalue weighted by Gasteiger charge is 2.18. The third-order valence-electron chi connectivity index (χ3n) is 4.07. The topological polar surface area (TPSA) is 28.2 Å². The molecule has 0 spiro atoms. The van der Waals surface area contributed by atoms with Crippen molar-refractivity contribution in [3.05, 3.63) is 41.6 Å². The van der Waals surface area contributed by atoms with Gasteiger partial charge in [-0.15, -0.1) is 0 Å². The third-order valence-corrected chi connectivity index (χ3v) is 4.07. The molecule has 2 aromatic rings. The van der Waals surface area contributed by atoms with E-state index in [4.69, 9.17) is 0 Å². The zero-order chi connectivity index (χ0) is 13.2. The van der Waals surface area contributed by atoms with E-state index in [2.05, 4.69) is 47.2 Å². The second-order valence-corrected chi connectivity index (χ2v) is 5.46. The van der Waals surface area contributed by atoms with Crippen LogP contribution < -0.4 is 5.32 Å². The number of nitrogens with zero attached hydrogens (tertiary/aromatic N) is 2. The molecule has 1 aliphatic rings. The normalized spacial score (nSPS) is 20.8. The van der Waals surface area contributed by atoms with Gasteiger partial charge in [0.15, 0.2) is 0 Å². The number of aromatic nitrogens is 1. The van der Waals surface area contributed by atoms with Gasteiger partial charge in [-0.1, -0.05) is 18.2 Å². The van der Waals surface area contributed by atoms with E-state index in [9.17, 15) is 0 Å². The molecule has 1 atom stereocenters. The molecule has 2 heterocycles. The highest BCUT2D eigenvalue weighted by atomic mass is 15.2. The lowest BCUT2D eigenvalue weighted by Gasteiger charge is -2.34. The fraction of sp³-hybridized carbons (Fsp3) is 0.438. The molecule has 1 aliphatic heterocycles. The highest BCUT2D eigenvalue weighted by Crippen LogP contribution is 2.22. The lowest BCUT2D eigenvalue weighted by Crippen LogP contribution is -2.49. The van der Waals surface area contributed by atoms with Crippen molar-refractivity contribution in [2.45, 2.75) is 26.4 Å². The van der Waals surface area contributed by atoms with Crippen molar-refractivity contribution in [1.29, 1.82) is 0 Å². The maximum Gasteiger partial charge on any atom is 0.0734 e. The van der Waals surface area contributed by atoms with E-state index in [1.165, 1.54) is 16.5 Å². The van der Waals surface area contributed by atoms with Crippen LogP contribution in [-0.4, -0.2) is 35.6 Å². The summed E-state index contributed by atoms with van der Waals surface area (Å²) in [6, 6.07) is 9.28. The van der Waals surface area contributed by atoms with Crippen LogP contribution in [0.5, 0.6) is 0 Å². The van der Waals surface area contributed by atoms with Crippen LogP contribution >= 0.6 is 0 Å². The lowest BCUT2D eigenvalue weighted by molar-refractivity contribution is 0.166. The minimum Gasteiger partial charge on any atom is -0.314 e. The molecular formula is C16H21N3. The van der Waals surface area contributed by atoms with Crippen LogP contribution in [0.3, 0.4) is 0 Å². The molecule has 3 nitrogen and oxygen atoms in total. The summed E-state index contributed by atoms with van der Waals surface area (Å²) in [6.45, 7) is 8.74. The van der Waals surface area contributed by atoms with Gasteiger partial charge in [-0.25, -0.2) is 0 Å².